The largest absolute Gasteiger partial charge is 0.355 e. The van der Waals surface area contributed by atoms with Crippen molar-refractivity contribution in [1.82, 2.24) is 15.1 Å². The van der Waals surface area contributed by atoms with Crippen LogP contribution in [-0.2, 0) is 11.3 Å². The lowest BCUT2D eigenvalue weighted by Crippen LogP contribution is -2.38. The molecule has 1 atom stereocenters. The Labute approximate surface area is 110 Å². The predicted octanol–water partition coefficient (Wildman–Crippen LogP) is 2.30. The van der Waals surface area contributed by atoms with Crippen LogP contribution in [0.2, 0.25) is 0 Å². The minimum atomic E-state index is -0.322. The Morgan fingerprint density at radius 3 is 2.50 bits per heavy atom. The number of amides is 1. The molecule has 1 rings (SSSR count). The molecule has 4 nitrogen and oxygen atoms in total. The molecule has 1 aromatic heterocycles. The summed E-state index contributed by atoms with van der Waals surface area (Å²) >= 11 is 0. The summed E-state index contributed by atoms with van der Waals surface area (Å²) in [4.78, 5) is 11.8. The summed E-state index contributed by atoms with van der Waals surface area (Å²) in [7, 11) is 0. The van der Waals surface area contributed by atoms with E-state index in [1.807, 2.05) is 32.4 Å². The van der Waals surface area contributed by atoms with Gasteiger partial charge in [0.1, 0.15) is 0 Å². The fraction of sp³-hybridized carbons (Fsp3) is 0.714. The van der Waals surface area contributed by atoms with Crippen LogP contribution >= 0.6 is 0 Å². The quantitative estimate of drug-likeness (QED) is 0.892. The van der Waals surface area contributed by atoms with Gasteiger partial charge >= 0.3 is 0 Å². The highest BCUT2D eigenvalue weighted by Gasteiger charge is 2.21. The lowest BCUT2D eigenvalue weighted by molar-refractivity contribution is -0.128. The number of hydrogen-bond donors (Lipinski definition) is 1. The standard InChI is InChI=1S/C14H25N3O/c1-10(8-15-13(18)14(4,5)6)9-17-12(3)7-11(2)16-17/h7,10H,8-9H2,1-6H3,(H,15,18)/t10-/m1/s1. The summed E-state index contributed by atoms with van der Waals surface area (Å²) in [5.41, 5.74) is 1.89. The first-order chi connectivity index (χ1) is 8.20. The molecule has 0 spiro atoms. The van der Waals surface area contributed by atoms with Gasteiger partial charge in [-0.3, -0.25) is 9.48 Å². The van der Waals surface area contributed by atoms with Crippen molar-refractivity contribution in [2.75, 3.05) is 6.54 Å². The normalized spacial score (nSPS) is 13.4. The molecule has 18 heavy (non-hydrogen) atoms. The summed E-state index contributed by atoms with van der Waals surface area (Å²) in [6.45, 7) is 13.5. The van der Waals surface area contributed by atoms with E-state index in [0.29, 0.717) is 12.5 Å². The van der Waals surface area contributed by atoms with Gasteiger partial charge in [-0.1, -0.05) is 27.7 Å². The van der Waals surface area contributed by atoms with Gasteiger partial charge in [0.25, 0.3) is 0 Å². The van der Waals surface area contributed by atoms with E-state index in [9.17, 15) is 4.79 Å². The van der Waals surface area contributed by atoms with Crippen LogP contribution in [0.5, 0.6) is 0 Å². The molecule has 0 radical (unpaired) electrons. The Hall–Kier alpha value is -1.32. The van der Waals surface area contributed by atoms with Gasteiger partial charge in [-0.25, -0.2) is 0 Å². The zero-order chi connectivity index (χ0) is 13.9. The molecule has 0 unspecified atom stereocenters. The Balaban J connectivity index is 2.45. The molecule has 1 heterocycles. The molecule has 1 amide bonds. The lowest BCUT2D eigenvalue weighted by atomic mass is 9.95. The minimum Gasteiger partial charge on any atom is -0.355 e. The molecule has 0 aliphatic rings. The van der Waals surface area contributed by atoms with Gasteiger partial charge in [-0.2, -0.15) is 5.10 Å². The number of carbonyl (C=O) groups excluding carboxylic acids is 1. The van der Waals surface area contributed by atoms with Gasteiger partial charge in [-0.15, -0.1) is 0 Å². The van der Waals surface area contributed by atoms with E-state index in [-0.39, 0.29) is 11.3 Å². The molecular formula is C14H25N3O. The molecule has 0 aromatic carbocycles. The van der Waals surface area contributed by atoms with Crippen LogP contribution in [0.1, 0.15) is 39.1 Å². The maximum atomic E-state index is 11.8. The lowest BCUT2D eigenvalue weighted by Gasteiger charge is -2.20. The average molecular weight is 251 g/mol. The van der Waals surface area contributed by atoms with Crippen LogP contribution in [0, 0.1) is 25.2 Å². The number of nitrogens with zero attached hydrogens (tertiary/aromatic N) is 2. The molecular weight excluding hydrogens is 226 g/mol. The van der Waals surface area contributed by atoms with Crippen molar-refractivity contribution >= 4 is 5.91 Å². The zero-order valence-corrected chi connectivity index (χ0v) is 12.4. The van der Waals surface area contributed by atoms with Crippen molar-refractivity contribution < 1.29 is 4.79 Å². The number of nitrogens with one attached hydrogen (secondary N) is 1. The third-order valence-electron chi connectivity index (χ3n) is 2.88. The van der Waals surface area contributed by atoms with E-state index < -0.39 is 0 Å². The molecule has 0 saturated carbocycles. The van der Waals surface area contributed by atoms with E-state index in [2.05, 4.69) is 30.3 Å². The monoisotopic (exact) mass is 251 g/mol. The van der Waals surface area contributed by atoms with E-state index in [1.54, 1.807) is 0 Å². The molecule has 0 aliphatic heterocycles. The van der Waals surface area contributed by atoms with Gasteiger partial charge in [0.05, 0.1) is 5.69 Å². The highest BCUT2D eigenvalue weighted by atomic mass is 16.2. The molecule has 102 valence electrons. The van der Waals surface area contributed by atoms with Gasteiger partial charge in [-0.05, 0) is 25.8 Å². The molecule has 0 aliphatic carbocycles. The summed E-state index contributed by atoms with van der Waals surface area (Å²) in [5, 5.41) is 7.42. The first-order valence-electron chi connectivity index (χ1n) is 6.49. The van der Waals surface area contributed by atoms with Crippen molar-refractivity contribution in [3.63, 3.8) is 0 Å². The van der Waals surface area contributed by atoms with Gasteiger partial charge < -0.3 is 5.32 Å². The van der Waals surface area contributed by atoms with Gasteiger partial charge in [0.15, 0.2) is 0 Å². The maximum absolute atomic E-state index is 11.8. The zero-order valence-electron chi connectivity index (χ0n) is 12.4. The molecule has 4 heteroatoms. The van der Waals surface area contributed by atoms with E-state index in [0.717, 1.165) is 12.2 Å². The van der Waals surface area contributed by atoms with Crippen molar-refractivity contribution in [1.29, 1.82) is 0 Å². The van der Waals surface area contributed by atoms with Crippen LogP contribution < -0.4 is 5.32 Å². The fourth-order valence-corrected chi connectivity index (χ4v) is 1.75. The van der Waals surface area contributed by atoms with Gasteiger partial charge in [0.2, 0.25) is 5.91 Å². The van der Waals surface area contributed by atoms with Crippen molar-refractivity contribution in [3.05, 3.63) is 17.5 Å². The Morgan fingerprint density at radius 1 is 1.44 bits per heavy atom. The van der Waals surface area contributed by atoms with Crippen molar-refractivity contribution in [2.45, 2.75) is 48.1 Å². The van der Waals surface area contributed by atoms with Crippen molar-refractivity contribution in [3.8, 4) is 0 Å². The molecule has 0 fully saturated rings. The maximum Gasteiger partial charge on any atom is 0.225 e. The van der Waals surface area contributed by atoms with E-state index in [1.165, 1.54) is 5.69 Å². The van der Waals surface area contributed by atoms with Crippen LogP contribution in [-0.4, -0.2) is 22.2 Å². The third kappa shape index (κ3) is 4.17. The number of carbonyl (C=O) groups is 1. The fourth-order valence-electron chi connectivity index (χ4n) is 1.75. The molecule has 0 saturated heterocycles. The summed E-state index contributed by atoms with van der Waals surface area (Å²) < 4.78 is 2.00. The minimum absolute atomic E-state index is 0.0997. The Kier molecular flexibility index (Phi) is 4.54. The van der Waals surface area contributed by atoms with Crippen LogP contribution in [0.4, 0.5) is 0 Å². The summed E-state index contributed by atoms with van der Waals surface area (Å²) in [5.74, 6) is 0.469. The SMILES string of the molecule is Cc1cc(C)n(C[C@H](C)CNC(=O)C(C)(C)C)n1. The molecule has 1 aromatic rings. The first-order valence-corrected chi connectivity index (χ1v) is 6.49. The second-order valence-electron chi connectivity index (χ2n) is 6.17. The van der Waals surface area contributed by atoms with Crippen molar-refractivity contribution in [2.24, 2.45) is 11.3 Å². The van der Waals surface area contributed by atoms with Crippen LogP contribution in [0.25, 0.3) is 0 Å². The highest BCUT2D eigenvalue weighted by Crippen LogP contribution is 2.13. The first kappa shape index (κ1) is 14.7. The Bertz CT molecular complexity index is 415. The molecule has 1 N–H and O–H groups in total. The van der Waals surface area contributed by atoms with Gasteiger partial charge in [0, 0.05) is 24.2 Å². The van der Waals surface area contributed by atoms with Crippen LogP contribution in [0.3, 0.4) is 0 Å². The number of hydrogen-bond acceptors (Lipinski definition) is 2. The number of aryl methyl sites for hydroxylation is 2. The highest BCUT2D eigenvalue weighted by molar-refractivity contribution is 5.81. The third-order valence-corrected chi connectivity index (χ3v) is 2.88. The van der Waals surface area contributed by atoms with E-state index in [4.69, 9.17) is 0 Å². The smallest absolute Gasteiger partial charge is 0.225 e. The topological polar surface area (TPSA) is 46.9 Å². The second kappa shape index (κ2) is 5.55. The second-order valence-corrected chi connectivity index (χ2v) is 6.17. The van der Waals surface area contributed by atoms with E-state index >= 15 is 0 Å². The number of rotatable bonds is 4. The summed E-state index contributed by atoms with van der Waals surface area (Å²) in [6.07, 6.45) is 0. The summed E-state index contributed by atoms with van der Waals surface area (Å²) in [6, 6.07) is 2.07. The average Bonchev–Trinajstić information content (AvgIpc) is 2.52. The Morgan fingerprint density at radius 2 is 2.06 bits per heavy atom. The molecule has 0 bridgehead atoms. The number of aromatic nitrogens is 2. The van der Waals surface area contributed by atoms with Crippen LogP contribution in [0.15, 0.2) is 6.07 Å². The predicted molar refractivity (Wildman–Crippen MR) is 73.3 cm³/mol.